The molecule has 0 aliphatic rings. The van der Waals surface area contributed by atoms with E-state index in [2.05, 4.69) is 4.98 Å². The minimum Gasteiger partial charge on any atom is -0.493 e. The Hall–Kier alpha value is -1.97. The van der Waals surface area contributed by atoms with Gasteiger partial charge in [0.15, 0.2) is 0 Å². The second-order valence-corrected chi connectivity index (χ2v) is 4.39. The van der Waals surface area contributed by atoms with Crippen molar-refractivity contribution in [3.05, 3.63) is 52.1 Å². The number of hydrogen-bond donors (Lipinski definition) is 2. The largest absolute Gasteiger partial charge is 0.493 e. The molecule has 0 bridgehead atoms. The number of hydrogen-bond acceptors (Lipinski definition) is 2. The zero-order chi connectivity index (χ0) is 12.4. The van der Waals surface area contributed by atoms with Gasteiger partial charge in [-0.2, -0.15) is 0 Å². The molecule has 0 radical (unpaired) electrons. The Bertz CT molecular complexity index is 553. The summed E-state index contributed by atoms with van der Waals surface area (Å²) in [5.74, 6) is 0.133. The summed E-state index contributed by atoms with van der Waals surface area (Å²) >= 11 is 0. The molecule has 0 fully saturated rings. The zero-order valence-electron chi connectivity index (χ0n) is 9.97. The molecule has 0 atom stereocenters. The first kappa shape index (κ1) is 11.5. The molecule has 1 aromatic carbocycles. The van der Waals surface area contributed by atoms with Crippen molar-refractivity contribution in [2.24, 2.45) is 0 Å². The van der Waals surface area contributed by atoms with E-state index in [9.17, 15) is 9.90 Å². The highest BCUT2D eigenvalue weighted by Gasteiger charge is 2.15. The molecule has 4 heteroatoms. The third-order valence-corrected chi connectivity index (χ3v) is 2.74. The number of nitrogens with zero attached hydrogens (tertiary/aromatic N) is 1. The van der Waals surface area contributed by atoms with Crippen LogP contribution in [-0.4, -0.2) is 14.7 Å². The average molecular weight is 232 g/mol. The lowest BCUT2D eigenvalue weighted by molar-refractivity contribution is 0.413. The molecule has 2 N–H and O–H groups in total. The average Bonchev–Trinajstić information content (AvgIpc) is 2.58. The number of aromatic nitrogens is 2. The van der Waals surface area contributed by atoms with Crippen LogP contribution >= 0.6 is 0 Å². The third-order valence-electron chi connectivity index (χ3n) is 2.74. The SMILES string of the molecule is CC(C)c1[nH]c(=O)n(Cc2ccccc2)c1O. The van der Waals surface area contributed by atoms with Gasteiger partial charge >= 0.3 is 5.69 Å². The summed E-state index contributed by atoms with van der Waals surface area (Å²) in [6, 6.07) is 9.59. The van der Waals surface area contributed by atoms with E-state index in [-0.39, 0.29) is 17.5 Å². The lowest BCUT2D eigenvalue weighted by Crippen LogP contribution is -2.17. The van der Waals surface area contributed by atoms with Crippen molar-refractivity contribution in [3.8, 4) is 5.88 Å². The molecule has 1 aromatic heterocycles. The number of aromatic amines is 1. The number of aromatic hydroxyl groups is 1. The number of benzene rings is 1. The van der Waals surface area contributed by atoms with Crippen LogP contribution in [0.2, 0.25) is 0 Å². The Labute approximate surface area is 99.5 Å². The van der Waals surface area contributed by atoms with Gasteiger partial charge in [0.1, 0.15) is 0 Å². The normalized spacial score (nSPS) is 11.0. The van der Waals surface area contributed by atoms with Gasteiger partial charge in [0, 0.05) is 0 Å². The fraction of sp³-hybridized carbons (Fsp3) is 0.308. The first-order valence-electron chi connectivity index (χ1n) is 5.65. The monoisotopic (exact) mass is 232 g/mol. The smallest absolute Gasteiger partial charge is 0.328 e. The maximum atomic E-state index is 11.7. The third kappa shape index (κ3) is 2.25. The topological polar surface area (TPSA) is 58.0 Å². The Kier molecular flexibility index (Phi) is 3.04. The van der Waals surface area contributed by atoms with Crippen molar-refractivity contribution < 1.29 is 5.11 Å². The van der Waals surface area contributed by atoms with Crippen molar-refractivity contribution in [2.75, 3.05) is 0 Å². The van der Waals surface area contributed by atoms with Gasteiger partial charge in [-0.15, -0.1) is 0 Å². The van der Waals surface area contributed by atoms with E-state index in [1.54, 1.807) is 0 Å². The lowest BCUT2D eigenvalue weighted by atomic mass is 10.1. The maximum Gasteiger partial charge on any atom is 0.328 e. The van der Waals surface area contributed by atoms with Crippen LogP contribution in [0.25, 0.3) is 0 Å². The van der Waals surface area contributed by atoms with Crippen LogP contribution in [-0.2, 0) is 6.54 Å². The Morgan fingerprint density at radius 1 is 1.29 bits per heavy atom. The second-order valence-electron chi connectivity index (χ2n) is 4.39. The summed E-state index contributed by atoms with van der Waals surface area (Å²) in [4.78, 5) is 14.4. The highest BCUT2D eigenvalue weighted by Crippen LogP contribution is 2.22. The number of H-pyrrole nitrogens is 1. The highest BCUT2D eigenvalue weighted by atomic mass is 16.3. The highest BCUT2D eigenvalue weighted by molar-refractivity contribution is 5.24. The van der Waals surface area contributed by atoms with E-state index >= 15 is 0 Å². The summed E-state index contributed by atoms with van der Waals surface area (Å²) in [7, 11) is 0. The van der Waals surface area contributed by atoms with Gasteiger partial charge < -0.3 is 10.1 Å². The molecule has 1 heterocycles. The molecular weight excluding hydrogens is 216 g/mol. The van der Waals surface area contributed by atoms with E-state index < -0.39 is 0 Å². The van der Waals surface area contributed by atoms with Crippen molar-refractivity contribution in [2.45, 2.75) is 26.3 Å². The molecule has 2 aromatic rings. The van der Waals surface area contributed by atoms with E-state index in [0.717, 1.165) is 5.56 Å². The van der Waals surface area contributed by atoms with Gasteiger partial charge in [-0.3, -0.25) is 4.57 Å². The molecule has 0 spiro atoms. The van der Waals surface area contributed by atoms with Gasteiger partial charge in [0.2, 0.25) is 5.88 Å². The number of rotatable bonds is 3. The van der Waals surface area contributed by atoms with E-state index in [4.69, 9.17) is 0 Å². The van der Waals surface area contributed by atoms with Gasteiger partial charge in [-0.05, 0) is 11.5 Å². The van der Waals surface area contributed by atoms with Crippen LogP contribution in [0.15, 0.2) is 35.1 Å². The first-order chi connectivity index (χ1) is 8.09. The van der Waals surface area contributed by atoms with Crippen LogP contribution in [0.1, 0.15) is 31.0 Å². The minimum atomic E-state index is -0.268. The molecule has 0 saturated heterocycles. The molecule has 17 heavy (non-hydrogen) atoms. The van der Waals surface area contributed by atoms with Crippen molar-refractivity contribution >= 4 is 0 Å². The van der Waals surface area contributed by atoms with Gasteiger partial charge in [-0.1, -0.05) is 44.2 Å². The molecule has 90 valence electrons. The molecule has 0 aliphatic heterocycles. The van der Waals surface area contributed by atoms with Crippen molar-refractivity contribution in [3.63, 3.8) is 0 Å². The molecule has 4 nitrogen and oxygen atoms in total. The molecule has 0 saturated carbocycles. The quantitative estimate of drug-likeness (QED) is 0.851. The first-order valence-corrected chi connectivity index (χ1v) is 5.65. The zero-order valence-corrected chi connectivity index (χ0v) is 9.97. The summed E-state index contributed by atoms with van der Waals surface area (Å²) in [5, 5.41) is 9.97. The summed E-state index contributed by atoms with van der Waals surface area (Å²) < 4.78 is 1.35. The molecule has 2 rings (SSSR count). The van der Waals surface area contributed by atoms with Crippen LogP contribution in [0.3, 0.4) is 0 Å². The summed E-state index contributed by atoms with van der Waals surface area (Å²) in [5.41, 5.74) is 1.31. The number of nitrogens with one attached hydrogen (secondary N) is 1. The van der Waals surface area contributed by atoms with E-state index in [1.165, 1.54) is 4.57 Å². The molecule has 0 aliphatic carbocycles. The fourth-order valence-electron chi connectivity index (χ4n) is 1.80. The Balaban J connectivity index is 2.37. The Morgan fingerprint density at radius 3 is 2.47 bits per heavy atom. The second kappa shape index (κ2) is 4.49. The van der Waals surface area contributed by atoms with Gasteiger partial charge in [0.25, 0.3) is 0 Å². The summed E-state index contributed by atoms with van der Waals surface area (Å²) in [6.07, 6.45) is 0. The Morgan fingerprint density at radius 2 is 1.94 bits per heavy atom. The lowest BCUT2D eigenvalue weighted by Gasteiger charge is -2.05. The minimum absolute atomic E-state index is 0.0360. The van der Waals surface area contributed by atoms with Crippen LogP contribution in [0.4, 0.5) is 0 Å². The van der Waals surface area contributed by atoms with Crippen molar-refractivity contribution in [1.29, 1.82) is 0 Å². The predicted octanol–water partition coefficient (Wildman–Crippen LogP) is 2.05. The van der Waals surface area contributed by atoms with E-state index in [1.807, 2.05) is 44.2 Å². The fourth-order valence-corrected chi connectivity index (χ4v) is 1.80. The van der Waals surface area contributed by atoms with E-state index in [0.29, 0.717) is 12.2 Å². The van der Waals surface area contributed by atoms with Crippen LogP contribution < -0.4 is 5.69 Å². The van der Waals surface area contributed by atoms with Crippen LogP contribution in [0.5, 0.6) is 5.88 Å². The molecular formula is C13H16N2O2. The summed E-state index contributed by atoms with van der Waals surface area (Å²) in [6.45, 7) is 4.24. The maximum absolute atomic E-state index is 11.7. The standard InChI is InChI=1S/C13H16N2O2/c1-9(2)11-12(16)15(13(17)14-11)8-10-6-4-3-5-7-10/h3-7,9,16H,8H2,1-2H3,(H,14,17). The molecule has 0 amide bonds. The van der Waals surface area contributed by atoms with Gasteiger partial charge in [0.05, 0.1) is 12.2 Å². The van der Waals surface area contributed by atoms with Gasteiger partial charge in [-0.25, -0.2) is 4.79 Å². The molecule has 0 unspecified atom stereocenters. The number of imidazole rings is 1. The van der Waals surface area contributed by atoms with Crippen LogP contribution in [0, 0.1) is 0 Å². The predicted molar refractivity (Wildman–Crippen MR) is 66.4 cm³/mol. The van der Waals surface area contributed by atoms with Crippen molar-refractivity contribution in [1.82, 2.24) is 9.55 Å².